The Kier molecular flexibility index (Phi) is 4.19. The average molecular weight is 278 g/mol. The molecule has 0 aliphatic carbocycles. The molecule has 0 saturated carbocycles. The Balaban J connectivity index is 2.21. The molecule has 106 valence electrons. The molecule has 0 aliphatic rings. The fraction of sp³-hybridized carbons (Fsp3) is 0.214. The van der Waals surface area contributed by atoms with Gasteiger partial charge in [-0.1, -0.05) is 24.3 Å². The van der Waals surface area contributed by atoms with Crippen LogP contribution in [0, 0.1) is 0 Å². The average Bonchev–Trinajstić information content (AvgIpc) is 2.96. The second kappa shape index (κ2) is 5.87. The Labute approximate surface area is 114 Å². The quantitative estimate of drug-likeness (QED) is 0.650. The number of carbonyl (C=O) groups is 1. The number of aromatic carboxylic acids is 1. The lowest BCUT2D eigenvalue weighted by Gasteiger charge is -2.15. The van der Waals surface area contributed by atoms with E-state index in [1.807, 2.05) is 0 Å². The highest BCUT2D eigenvalue weighted by molar-refractivity contribution is 5.85. The molecule has 0 spiro atoms. The van der Waals surface area contributed by atoms with Crippen molar-refractivity contribution >= 4 is 5.97 Å². The summed E-state index contributed by atoms with van der Waals surface area (Å²) in [6, 6.07) is 9.30. The van der Waals surface area contributed by atoms with E-state index in [9.17, 15) is 15.0 Å². The number of carboxylic acids is 1. The molecule has 6 nitrogen and oxygen atoms in total. The molecule has 2 rings (SSSR count). The predicted octanol–water partition coefficient (Wildman–Crippen LogP) is 1.03. The van der Waals surface area contributed by atoms with Crippen LogP contribution < -0.4 is 0 Å². The molecule has 1 aromatic heterocycles. The molecule has 2 aromatic rings. The van der Waals surface area contributed by atoms with Gasteiger partial charge in [-0.15, -0.1) is 0 Å². The molecule has 4 N–H and O–H groups in total. The van der Waals surface area contributed by atoms with Gasteiger partial charge in [-0.2, -0.15) is 0 Å². The second-order valence-corrected chi connectivity index (χ2v) is 4.29. The van der Waals surface area contributed by atoms with Gasteiger partial charge in [0.25, 0.3) is 0 Å². The van der Waals surface area contributed by atoms with Crippen molar-refractivity contribution in [3.05, 3.63) is 47.7 Å². The minimum absolute atomic E-state index is 0.153. The Bertz CT molecular complexity index is 586. The molecule has 6 heteroatoms. The first kappa shape index (κ1) is 14.3. The van der Waals surface area contributed by atoms with E-state index in [0.29, 0.717) is 16.9 Å². The Morgan fingerprint density at radius 2 is 1.75 bits per heavy atom. The fourth-order valence-corrected chi connectivity index (χ4v) is 1.77. The van der Waals surface area contributed by atoms with Gasteiger partial charge in [0.15, 0.2) is 0 Å². The highest BCUT2D eigenvalue weighted by Gasteiger charge is 2.17. The number of carboxylic acid groups (broad SMARTS) is 1. The van der Waals surface area contributed by atoms with Crippen molar-refractivity contribution in [1.82, 2.24) is 0 Å². The van der Waals surface area contributed by atoms with Crippen molar-refractivity contribution in [1.29, 1.82) is 0 Å². The van der Waals surface area contributed by atoms with E-state index >= 15 is 0 Å². The molecule has 0 saturated heterocycles. The van der Waals surface area contributed by atoms with Crippen molar-refractivity contribution in [3.63, 3.8) is 0 Å². The molecule has 0 fully saturated rings. The maximum atomic E-state index is 10.7. The van der Waals surface area contributed by atoms with Crippen LogP contribution in [-0.2, 0) is 0 Å². The summed E-state index contributed by atoms with van der Waals surface area (Å²) in [4.78, 5) is 10.7. The smallest absolute Gasteiger partial charge is 0.371 e. The zero-order valence-corrected chi connectivity index (χ0v) is 10.4. The largest absolute Gasteiger partial charge is 0.475 e. The third kappa shape index (κ3) is 2.88. The standard InChI is InChI=1S/C14H14O6/c15-7-10(16)13(17)9-3-1-8(2-4-9)11-5-6-12(20-11)14(18)19/h1-6,10,13,15-17H,7H2,(H,18,19). The zero-order chi connectivity index (χ0) is 14.7. The number of aliphatic hydroxyl groups is 3. The highest BCUT2D eigenvalue weighted by atomic mass is 16.4. The minimum Gasteiger partial charge on any atom is -0.475 e. The number of furan rings is 1. The summed E-state index contributed by atoms with van der Waals surface area (Å²) in [5.74, 6) is -0.902. The highest BCUT2D eigenvalue weighted by Crippen LogP contribution is 2.25. The third-order valence-electron chi connectivity index (χ3n) is 2.91. The summed E-state index contributed by atoms with van der Waals surface area (Å²) < 4.78 is 5.15. The minimum atomic E-state index is -1.25. The molecule has 20 heavy (non-hydrogen) atoms. The van der Waals surface area contributed by atoms with Gasteiger partial charge in [0.1, 0.15) is 18.0 Å². The summed E-state index contributed by atoms with van der Waals surface area (Å²) in [6.45, 7) is -0.539. The van der Waals surface area contributed by atoms with Crippen LogP contribution in [0.15, 0.2) is 40.8 Å². The van der Waals surface area contributed by atoms with Crippen LogP contribution in [0.5, 0.6) is 0 Å². The first-order valence-corrected chi connectivity index (χ1v) is 5.93. The number of hydrogen-bond acceptors (Lipinski definition) is 5. The zero-order valence-electron chi connectivity index (χ0n) is 10.4. The van der Waals surface area contributed by atoms with Crippen LogP contribution in [0.25, 0.3) is 11.3 Å². The van der Waals surface area contributed by atoms with Crippen molar-refractivity contribution in [3.8, 4) is 11.3 Å². The molecule has 0 aliphatic heterocycles. The van der Waals surface area contributed by atoms with E-state index in [2.05, 4.69) is 0 Å². The van der Waals surface area contributed by atoms with Gasteiger partial charge in [0.05, 0.1) is 6.61 Å². The van der Waals surface area contributed by atoms with Crippen LogP contribution in [-0.4, -0.2) is 39.1 Å². The second-order valence-electron chi connectivity index (χ2n) is 4.29. The van der Waals surface area contributed by atoms with Gasteiger partial charge in [-0.05, 0) is 17.7 Å². The van der Waals surface area contributed by atoms with E-state index in [4.69, 9.17) is 14.6 Å². The molecule has 0 radical (unpaired) electrons. The Morgan fingerprint density at radius 3 is 2.25 bits per heavy atom. The number of aliphatic hydroxyl groups excluding tert-OH is 3. The van der Waals surface area contributed by atoms with Gasteiger partial charge < -0.3 is 24.8 Å². The number of benzene rings is 1. The monoisotopic (exact) mass is 278 g/mol. The molecular weight excluding hydrogens is 264 g/mol. The summed E-state index contributed by atoms with van der Waals surface area (Å²) in [5, 5.41) is 36.6. The van der Waals surface area contributed by atoms with Gasteiger partial charge >= 0.3 is 5.97 Å². The van der Waals surface area contributed by atoms with Crippen LogP contribution in [0.4, 0.5) is 0 Å². The maximum absolute atomic E-state index is 10.7. The van der Waals surface area contributed by atoms with E-state index in [-0.39, 0.29) is 5.76 Å². The van der Waals surface area contributed by atoms with E-state index < -0.39 is 24.8 Å². The first-order chi connectivity index (χ1) is 9.52. The molecule has 0 bridgehead atoms. The van der Waals surface area contributed by atoms with Gasteiger partial charge in [0.2, 0.25) is 5.76 Å². The predicted molar refractivity (Wildman–Crippen MR) is 69.2 cm³/mol. The summed E-state index contributed by atoms with van der Waals surface area (Å²) in [7, 11) is 0. The third-order valence-corrected chi connectivity index (χ3v) is 2.91. The molecule has 1 heterocycles. The van der Waals surface area contributed by atoms with Gasteiger partial charge in [-0.25, -0.2) is 4.79 Å². The molecular formula is C14H14O6. The Morgan fingerprint density at radius 1 is 1.10 bits per heavy atom. The molecule has 2 atom stereocenters. The summed E-state index contributed by atoms with van der Waals surface area (Å²) >= 11 is 0. The van der Waals surface area contributed by atoms with Crippen LogP contribution in [0.3, 0.4) is 0 Å². The first-order valence-electron chi connectivity index (χ1n) is 5.93. The Hall–Kier alpha value is -2.15. The summed E-state index contributed by atoms with van der Waals surface area (Å²) in [5.41, 5.74) is 1.09. The molecule has 0 amide bonds. The van der Waals surface area contributed by atoms with Crippen LogP contribution in [0.2, 0.25) is 0 Å². The van der Waals surface area contributed by atoms with Crippen LogP contribution in [0.1, 0.15) is 22.2 Å². The van der Waals surface area contributed by atoms with E-state index in [0.717, 1.165) is 0 Å². The topological polar surface area (TPSA) is 111 Å². The van der Waals surface area contributed by atoms with Crippen LogP contribution >= 0.6 is 0 Å². The fourth-order valence-electron chi connectivity index (χ4n) is 1.77. The van der Waals surface area contributed by atoms with Crippen molar-refractivity contribution < 1.29 is 29.6 Å². The molecule has 2 unspecified atom stereocenters. The van der Waals surface area contributed by atoms with Crippen molar-refractivity contribution in [2.45, 2.75) is 12.2 Å². The van der Waals surface area contributed by atoms with E-state index in [1.54, 1.807) is 24.3 Å². The normalized spacial score (nSPS) is 13.9. The lowest BCUT2D eigenvalue weighted by Crippen LogP contribution is -2.21. The molecule has 1 aromatic carbocycles. The van der Waals surface area contributed by atoms with Gasteiger partial charge in [-0.3, -0.25) is 0 Å². The number of hydrogen-bond donors (Lipinski definition) is 4. The number of rotatable bonds is 5. The van der Waals surface area contributed by atoms with E-state index in [1.165, 1.54) is 12.1 Å². The van der Waals surface area contributed by atoms with Crippen molar-refractivity contribution in [2.24, 2.45) is 0 Å². The van der Waals surface area contributed by atoms with Crippen molar-refractivity contribution in [2.75, 3.05) is 6.61 Å². The van der Waals surface area contributed by atoms with Gasteiger partial charge in [0, 0.05) is 5.56 Å². The SMILES string of the molecule is O=C(O)c1ccc(-c2ccc(C(O)C(O)CO)cc2)o1. The lowest BCUT2D eigenvalue weighted by atomic mass is 10.0. The maximum Gasteiger partial charge on any atom is 0.371 e. The lowest BCUT2D eigenvalue weighted by molar-refractivity contribution is -0.0152. The summed E-state index contributed by atoms with van der Waals surface area (Å²) in [6.07, 6.45) is -2.43.